The van der Waals surface area contributed by atoms with Crippen LogP contribution in [0.15, 0.2) is 11.6 Å². The van der Waals surface area contributed by atoms with E-state index in [1.165, 1.54) is 26.3 Å². The van der Waals surface area contributed by atoms with Gasteiger partial charge in [-0.25, -0.2) is 8.42 Å². The van der Waals surface area contributed by atoms with Crippen LogP contribution >= 0.6 is 0 Å². The monoisotopic (exact) mass is 1410 g/mol. The average molecular weight is 1410 g/mol. The Morgan fingerprint density at radius 2 is 1.04 bits per heavy atom. The van der Waals surface area contributed by atoms with Crippen LogP contribution in [0.5, 0.6) is 0 Å². The molecule has 0 radical (unpaired) electrons. The van der Waals surface area contributed by atoms with Gasteiger partial charge in [-0.05, 0) is 112 Å². The van der Waals surface area contributed by atoms with Gasteiger partial charge in [0.15, 0.2) is 37.7 Å². The largest absolute Gasteiger partial charge is 1.00 e. The van der Waals surface area contributed by atoms with Gasteiger partial charge in [0.25, 0.3) is 0 Å². The summed E-state index contributed by atoms with van der Waals surface area (Å²) < 4.78 is 114. The molecule has 0 aromatic carbocycles. The van der Waals surface area contributed by atoms with Crippen molar-refractivity contribution in [3.8, 4) is 0 Å². The van der Waals surface area contributed by atoms with Gasteiger partial charge < -0.3 is 138 Å². The van der Waals surface area contributed by atoms with Gasteiger partial charge in [0.05, 0.1) is 50.3 Å². The molecule has 3 saturated carbocycles. The maximum atomic E-state index is 13.2. The maximum absolute atomic E-state index is 13.2. The molecule has 34 heteroatoms. The fourth-order valence-electron chi connectivity index (χ4n) is 17.2. The van der Waals surface area contributed by atoms with Crippen LogP contribution in [0.3, 0.4) is 0 Å². The summed E-state index contributed by atoms with van der Waals surface area (Å²) in [5, 5.41) is 167. The van der Waals surface area contributed by atoms with Gasteiger partial charge in [-0.2, -0.15) is 0 Å². The number of hydrogen-bond donors (Lipinski definition) is 15. The number of carbonyl (C=O) groups excluding carboxylic acids is 1. The number of ether oxygens (including phenoxy) is 12. The standard InChI is InChI=1S/C62H102O32S.Na/c1-22(2)15-27(65)16-23(3)30-9-10-31-29-18-34(33-17-28(94-95(79,80)81)11-13-62(33,8)32(29)12-14-61(30,31)7)86-57-49(77)52(40(68)25(5)84-57)91-59-53(92-55-47(75)44(72)38(66)24(4)83-55)43(71)37(21-82-59)89-60-54(46(74)42(70)36(20-64)88-60)93-58-50(78)51(39(67)26(6)85-58)90-56-48(76)45(73)41(69)35(19-63)87-56;/h12,22-26,28-31,33-60,63-64,66-78H,9-11,13-21H2,1-8H3,(H,79,80,81);/q;+1/p-1/t23-,24-,25-,26-,28+,29+,30-,31+,33-,34+,35-,36-,37-,38-,39+,40-,41+,42+,43+,44+,45+,46+,47-,48-,49-,50-,51+,52+,53-,54-,55+,56+,57+,58+,59+,60+,61-,62-;/m1./s1. The Kier molecular flexibility index (Phi) is 26.3. The van der Waals surface area contributed by atoms with Crippen LogP contribution in [0.25, 0.3) is 0 Å². The van der Waals surface area contributed by atoms with Gasteiger partial charge >= 0.3 is 29.6 Å². The van der Waals surface area contributed by atoms with E-state index in [9.17, 15) is 94.4 Å². The quantitative estimate of drug-likeness (QED) is 0.0220. The number of carbonyl (C=O) groups is 1. The number of Topliss-reactive ketones (excluding diaryl/α,β-unsaturated/α-hetero) is 1. The predicted molar refractivity (Wildman–Crippen MR) is 315 cm³/mol. The van der Waals surface area contributed by atoms with Crippen LogP contribution in [0.1, 0.15) is 113 Å². The zero-order valence-electron chi connectivity index (χ0n) is 55.5. The number of aliphatic hydroxyl groups excluding tert-OH is 15. The van der Waals surface area contributed by atoms with Gasteiger partial charge in [0, 0.05) is 12.8 Å². The first-order valence-corrected chi connectivity index (χ1v) is 34.7. The van der Waals surface area contributed by atoms with Crippen molar-refractivity contribution < 1.29 is 185 Å². The summed E-state index contributed by atoms with van der Waals surface area (Å²) in [5.74, 6) is 0.350. The van der Waals surface area contributed by atoms with E-state index in [2.05, 4.69) is 26.8 Å². The number of ketones is 1. The molecule has 38 atom stereocenters. The molecule has 548 valence electrons. The molecule has 0 amide bonds. The Bertz CT molecular complexity index is 2710. The molecule has 0 bridgehead atoms. The Balaban J connectivity index is 0.0000108. The predicted octanol–water partition coefficient (Wildman–Crippen LogP) is -7.31. The van der Waals surface area contributed by atoms with Gasteiger partial charge in [0.1, 0.15) is 128 Å². The molecule has 9 fully saturated rings. The van der Waals surface area contributed by atoms with E-state index in [0.717, 1.165) is 19.3 Å². The van der Waals surface area contributed by atoms with Crippen LogP contribution in [0.4, 0.5) is 0 Å². The molecule has 0 spiro atoms. The maximum Gasteiger partial charge on any atom is 1.00 e. The third-order valence-corrected chi connectivity index (χ3v) is 22.9. The zero-order valence-corrected chi connectivity index (χ0v) is 58.3. The summed E-state index contributed by atoms with van der Waals surface area (Å²) in [5.41, 5.74) is 0.364. The Labute approximate surface area is 579 Å². The molecule has 0 aromatic rings. The Morgan fingerprint density at radius 3 is 1.61 bits per heavy atom. The van der Waals surface area contributed by atoms with Crippen LogP contribution < -0.4 is 29.6 Å². The summed E-state index contributed by atoms with van der Waals surface area (Å²) in [6, 6.07) is 0. The van der Waals surface area contributed by atoms with Crippen molar-refractivity contribution in [2.75, 3.05) is 19.8 Å². The molecular weight excluding hydrogens is 1310 g/mol. The molecule has 96 heavy (non-hydrogen) atoms. The van der Waals surface area contributed by atoms with Crippen molar-refractivity contribution in [1.82, 2.24) is 0 Å². The second kappa shape index (κ2) is 31.9. The Morgan fingerprint density at radius 1 is 0.552 bits per heavy atom. The second-order valence-electron chi connectivity index (χ2n) is 29.2. The van der Waals surface area contributed by atoms with Crippen LogP contribution in [0, 0.1) is 46.3 Å². The molecule has 6 saturated heterocycles. The number of allylic oxidation sites excluding steroid dienone is 2. The van der Waals surface area contributed by atoms with Crippen molar-refractivity contribution in [2.24, 2.45) is 46.3 Å². The molecule has 10 aliphatic rings. The third-order valence-electron chi connectivity index (χ3n) is 22.4. The van der Waals surface area contributed by atoms with Gasteiger partial charge in [-0.15, -0.1) is 0 Å². The van der Waals surface area contributed by atoms with Crippen LogP contribution in [-0.4, -0.2) is 306 Å². The van der Waals surface area contributed by atoms with Gasteiger partial charge in [-0.1, -0.05) is 46.3 Å². The molecule has 10 rings (SSSR count). The van der Waals surface area contributed by atoms with Crippen LogP contribution in [0.2, 0.25) is 0 Å². The van der Waals surface area contributed by atoms with E-state index in [1.54, 1.807) is 0 Å². The van der Waals surface area contributed by atoms with E-state index in [-0.39, 0.29) is 83.2 Å². The fourth-order valence-corrected chi connectivity index (χ4v) is 17.7. The zero-order chi connectivity index (χ0) is 69.4. The normalized spacial score (nSPS) is 51.1. The molecule has 32 nitrogen and oxygen atoms in total. The van der Waals surface area contributed by atoms with Crippen LogP contribution in [-0.2, 0) is 76.2 Å². The smallest absolute Gasteiger partial charge is 0.726 e. The molecule has 15 N–H and O–H groups in total. The summed E-state index contributed by atoms with van der Waals surface area (Å²) in [6.45, 7) is 12.2. The topological polar surface area (TPSA) is 498 Å². The SMILES string of the molecule is CC(C)CC(=O)C[C@@H](C)[C@H]1CC[C@H]2[C@@H]3C[C@H](O[C@@H]4O[C@H](C)[C@@H](O)[C@H](O[C@@H]5OC[C@@H](O[C@@H]6O[C@H](CO)[C@H](O)[C@H](O)[C@H]6O[C@@H]6O[C@H](C)[C@H](O)[C@H](O[C@@H]7O[C@H](CO)[C@H](O)[C@H](O)[C@H]7O)[C@H]6O)[C@H](O)[C@H]5O[C@@H]5O[C@H](C)[C@@H](O)[C@H](O)[C@H]5O)[C@H]4O)[C@H]4C[C@@H](OS(=O)(=O)[O-])CC[C@]4(C)C3=CC[C@]12C.[Na+]. The first kappa shape index (κ1) is 79.3. The van der Waals surface area contributed by atoms with Crippen molar-refractivity contribution in [1.29, 1.82) is 0 Å². The number of hydrogen-bond acceptors (Lipinski definition) is 32. The second-order valence-corrected chi connectivity index (χ2v) is 30.2. The summed E-state index contributed by atoms with van der Waals surface area (Å²) >= 11 is 0. The minimum absolute atomic E-state index is 0. The summed E-state index contributed by atoms with van der Waals surface area (Å²) in [6.07, 6.45) is -46.8. The Hall–Kier alpha value is -0.800. The van der Waals surface area contributed by atoms with E-state index in [0.29, 0.717) is 25.7 Å². The first-order valence-electron chi connectivity index (χ1n) is 33.4. The number of fused-ring (bicyclic) bond motifs is 5. The molecule has 0 unspecified atom stereocenters. The minimum Gasteiger partial charge on any atom is -0.726 e. The van der Waals surface area contributed by atoms with E-state index < -0.39 is 232 Å². The minimum atomic E-state index is -5.14. The van der Waals surface area contributed by atoms with Gasteiger partial charge in [-0.3, -0.25) is 8.98 Å². The van der Waals surface area contributed by atoms with E-state index in [4.69, 9.17) is 61.0 Å². The molecule has 6 aliphatic heterocycles. The first-order chi connectivity index (χ1) is 44.6. The molecule has 0 aromatic heterocycles. The van der Waals surface area contributed by atoms with Gasteiger partial charge in [0.2, 0.25) is 10.4 Å². The average Bonchev–Trinajstić information content (AvgIpc) is 1.27. The van der Waals surface area contributed by atoms with Crippen molar-refractivity contribution in [3.05, 3.63) is 11.6 Å². The molecular formula is C62H101NaO32S. The van der Waals surface area contributed by atoms with Crippen molar-refractivity contribution >= 4 is 16.2 Å². The third kappa shape index (κ3) is 16.0. The summed E-state index contributed by atoms with van der Waals surface area (Å²) in [7, 11) is -5.14. The van der Waals surface area contributed by atoms with Crippen molar-refractivity contribution in [3.63, 3.8) is 0 Å². The fraction of sp³-hybridized carbons (Fsp3) is 0.952. The van der Waals surface area contributed by atoms with Crippen molar-refractivity contribution in [2.45, 2.75) is 304 Å². The van der Waals surface area contributed by atoms with E-state index in [1.807, 2.05) is 13.8 Å². The summed E-state index contributed by atoms with van der Waals surface area (Å²) in [4.78, 5) is 13.2. The number of aliphatic hydroxyl groups is 15. The van der Waals surface area contributed by atoms with E-state index >= 15 is 0 Å². The number of rotatable bonds is 21. The molecule has 6 heterocycles. The molecule has 4 aliphatic carbocycles.